The lowest BCUT2D eigenvalue weighted by Gasteiger charge is -2.22. The predicted octanol–water partition coefficient (Wildman–Crippen LogP) is 5.52. The van der Waals surface area contributed by atoms with Crippen molar-refractivity contribution in [1.82, 2.24) is 4.57 Å². The van der Waals surface area contributed by atoms with Crippen molar-refractivity contribution in [2.45, 2.75) is 26.4 Å². The molecule has 35 heavy (non-hydrogen) atoms. The summed E-state index contributed by atoms with van der Waals surface area (Å²) in [6, 6.07) is 18.8. The van der Waals surface area contributed by atoms with Gasteiger partial charge in [0.05, 0.1) is 28.7 Å². The lowest BCUT2D eigenvalue weighted by atomic mass is 10.1. The molecule has 7 nitrogen and oxygen atoms in total. The van der Waals surface area contributed by atoms with Gasteiger partial charge in [-0.1, -0.05) is 41.1 Å². The van der Waals surface area contributed by atoms with Crippen LogP contribution in [0.25, 0.3) is 10.2 Å². The first kappa shape index (κ1) is 25.0. The monoisotopic (exact) mass is 529 g/mol. The molecule has 0 aliphatic rings. The normalized spacial score (nSPS) is 11.7. The highest BCUT2D eigenvalue weighted by molar-refractivity contribution is 7.92. The number of benzene rings is 3. The van der Waals surface area contributed by atoms with Crippen molar-refractivity contribution in [2.75, 3.05) is 15.9 Å². The number of nitrogens with one attached hydrogen (secondary N) is 1. The summed E-state index contributed by atoms with van der Waals surface area (Å²) < 4.78 is 28.6. The number of hydrogen-bond acceptors (Lipinski definition) is 5. The van der Waals surface area contributed by atoms with Crippen LogP contribution in [0, 0.1) is 0 Å². The number of carbonyl (C=O) groups is 1. The van der Waals surface area contributed by atoms with E-state index in [1.54, 1.807) is 65.2 Å². The predicted molar refractivity (Wildman–Crippen MR) is 143 cm³/mol. The Labute approximate surface area is 212 Å². The molecule has 0 radical (unpaired) electrons. The van der Waals surface area contributed by atoms with Gasteiger partial charge in [-0.25, -0.2) is 8.42 Å². The van der Waals surface area contributed by atoms with E-state index >= 15 is 0 Å². The summed E-state index contributed by atoms with van der Waals surface area (Å²) >= 11 is 7.18. The topological polar surface area (TPSA) is 88.5 Å². The van der Waals surface area contributed by atoms with Gasteiger partial charge in [0.15, 0.2) is 0 Å². The van der Waals surface area contributed by atoms with Crippen LogP contribution in [-0.4, -0.2) is 25.1 Å². The second-order valence-corrected chi connectivity index (χ2v) is 11.8. The Morgan fingerprint density at radius 2 is 1.80 bits per heavy atom. The number of sulfonamides is 1. The van der Waals surface area contributed by atoms with Gasteiger partial charge in [0.2, 0.25) is 10.0 Å². The van der Waals surface area contributed by atoms with Crippen molar-refractivity contribution in [2.24, 2.45) is 0 Å². The van der Waals surface area contributed by atoms with Crippen molar-refractivity contribution in [3.8, 4) is 0 Å². The number of rotatable bonds is 7. The van der Waals surface area contributed by atoms with Crippen LogP contribution in [0.5, 0.6) is 0 Å². The van der Waals surface area contributed by atoms with Crippen molar-refractivity contribution in [1.29, 1.82) is 0 Å². The first-order chi connectivity index (χ1) is 16.5. The molecular weight excluding hydrogens is 506 g/mol. The smallest absolute Gasteiger partial charge is 0.308 e. The molecule has 1 amide bonds. The highest BCUT2D eigenvalue weighted by Gasteiger charge is 2.19. The molecule has 1 heterocycles. The number of thiazole rings is 1. The second kappa shape index (κ2) is 9.85. The van der Waals surface area contributed by atoms with Gasteiger partial charge in [-0.05, 0) is 67.9 Å². The summed E-state index contributed by atoms with van der Waals surface area (Å²) in [4.78, 5) is 25.0. The van der Waals surface area contributed by atoms with E-state index in [0.717, 1.165) is 27.8 Å². The molecule has 0 aliphatic carbocycles. The summed E-state index contributed by atoms with van der Waals surface area (Å²) in [6.07, 6.45) is 1.14. The molecule has 4 aromatic rings. The number of halogens is 1. The van der Waals surface area contributed by atoms with Crippen LogP contribution >= 0.6 is 22.9 Å². The minimum Gasteiger partial charge on any atom is -0.322 e. The zero-order valence-electron chi connectivity index (χ0n) is 19.4. The van der Waals surface area contributed by atoms with Gasteiger partial charge < -0.3 is 5.32 Å². The highest BCUT2D eigenvalue weighted by Crippen LogP contribution is 2.26. The molecule has 0 spiro atoms. The van der Waals surface area contributed by atoms with Crippen LogP contribution in [0.4, 0.5) is 11.4 Å². The maximum Gasteiger partial charge on any atom is 0.308 e. The standard InChI is InChI=1S/C25H24ClN3O4S2/c1-16(2)29-22-12-11-20(14-23(22)34-25(29)31)27-24(30)18-9-7-17(8-10-18)15-28(35(3,32)33)21-6-4-5-19(26)13-21/h4-14,16H,15H2,1-3H3,(H,27,30). The van der Waals surface area contributed by atoms with Crippen molar-refractivity contribution < 1.29 is 13.2 Å². The van der Waals surface area contributed by atoms with Gasteiger partial charge in [-0.15, -0.1) is 0 Å². The van der Waals surface area contributed by atoms with E-state index in [2.05, 4.69) is 5.32 Å². The molecule has 10 heteroatoms. The third kappa shape index (κ3) is 5.58. The molecule has 0 atom stereocenters. The summed E-state index contributed by atoms with van der Waals surface area (Å²) in [7, 11) is -3.55. The van der Waals surface area contributed by atoms with E-state index in [0.29, 0.717) is 27.5 Å². The van der Waals surface area contributed by atoms with Gasteiger partial charge in [0, 0.05) is 22.3 Å². The minimum absolute atomic E-state index is 0.0324. The molecule has 4 rings (SSSR count). The Bertz CT molecular complexity index is 1560. The lowest BCUT2D eigenvalue weighted by Crippen LogP contribution is -2.29. The maximum atomic E-state index is 12.8. The highest BCUT2D eigenvalue weighted by atomic mass is 35.5. The number of hydrogen-bond donors (Lipinski definition) is 1. The Kier molecular flexibility index (Phi) is 7.02. The molecule has 0 unspecified atom stereocenters. The Balaban J connectivity index is 1.51. The molecule has 0 aliphatic heterocycles. The first-order valence-corrected chi connectivity index (χ1v) is 13.9. The molecule has 0 bridgehead atoms. The van der Waals surface area contributed by atoms with Crippen LogP contribution in [0.15, 0.2) is 71.5 Å². The SMILES string of the molecule is CC(C)n1c(=O)sc2cc(NC(=O)c3ccc(CN(c4cccc(Cl)c4)S(C)(=O)=O)cc3)ccc21. The van der Waals surface area contributed by atoms with E-state index in [1.807, 2.05) is 19.9 Å². The molecule has 0 saturated carbocycles. The van der Waals surface area contributed by atoms with E-state index in [4.69, 9.17) is 11.6 Å². The van der Waals surface area contributed by atoms with E-state index in [1.165, 1.54) is 4.31 Å². The number of carbonyl (C=O) groups excluding carboxylic acids is 1. The van der Waals surface area contributed by atoms with Gasteiger partial charge in [-0.2, -0.15) is 0 Å². The van der Waals surface area contributed by atoms with Crippen LogP contribution in [0.1, 0.15) is 35.8 Å². The lowest BCUT2D eigenvalue weighted by molar-refractivity contribution is 0.102. The fraction of sp³-hybridized carbons (Fsp3) is 0.200. The third-order valence-electron chi connectivity index (χ3n) is 5.43. The second-order valence-electron chi connectivity index (χ2n) is 8.41. The number of fused-ring (bicyclic) bond motifs is 1. The Hall–Kier alpha value is -3.14. The molecule has 0 saturated heterocycles. The molecular formula is C25H24ClN3O4S2. The third-order valence-corrected chi connectivity index (χ3v) is 7.72. The van der Waals surface area contributed by atoms with Gasteiger partial charge in [-0.3, -0.25) is 18.5 Å². The Morgan fingerprint density at radius 1 is 1.09 bits per heavy atom. The van der Waals surface area contributed by atoms with Crippen LogP contribution in [0.3, 0.4) is 0 Å². The van der Waals surface area contributed by atoms with E-state index in [9.17, 15) is 18.0 Å². The van der Waals surface area contributed by atoms with Gasteiger partial charge in [0.25, 0.3) is 5.91 Å². The fourth-order valence-electron chi connectivity index (χ4n) is 3.77. The van der Waals surface area contributed by atoms with Crippen LogP contribution in [0.2, 0.25) is 5.02 Å². The summed E-state index contributed by atoms with van der Waals surface area (Å²) in [5, 5.41) is 3.30. The average Bonchev–Trinajstić information content (AvgIpc) is 3.12. The minimum atomic E-state index is -3.55. The molecule has 1 aromatic heterocycles. The zero-order valence-corrected chi connectivity index (χ0v) is 21.7. The fourth-order valence-corrected chi connectivity index (χ4v) is 5.88. The average molecular weight is 530 g/mol. The summed E-state index contributed by atoms with van der Waals surface area (Å²) in [6.45, 7) is 4.01. The van der Waals surface area contributed by atoms with Crippen molar-refractivity contribution in [3.63, 3.8) is 0 Å². The zero-order chi connectivity index (χ0) is 25.3. The quantitative estimate of drug-likeness (QED) is 0.341. The number of amides is 1. The van der Waals surface area contributed by atoms with Crippen molar-refractivity contribution in [3.05, 3.63) is 92.5 Å². The molecule has 3 aromatic carbocycles. The molecule has 182 valence electrons. The summed E-state index contributed by atoms with van der Waals surface area (Å²) in [5.41, 5.74) is 3.04. The van der Waals surface area contributed by atoms with E-state index < -0.39 is 10.0 Å². The first-order valence-electron chi connectivity index (χ1n) is 10.8. The van der Waals surface area contributed by atoms with Gasteiger partial charge >= 0.3 is 4.87 Å². The van der Waals surface area contributed by atoms with E-state index in [-0.39, 0.29) is 23.4 Å². The van der Waals surface area contributed by atoms with Crippen molar-refractivity contribution >= 4 is 60.5 Å². The molecule has 1 N–H and O–H groups in total. The number of aromatic nitrogens is 1. The number of nitrogens with zero attached hydrogens (tertiary/aromatic N) is 2. The van der Waals surface area contributed by atoms with Gasteiger partial charge in [0.1, 0.15) is 0 Å². The summed E-state index contributed by atoms with van der Waals surface area (Å²) in [5.74, 6) is -0.304. The number of anilines is 2. The maximum absolute atomic E-state index is 12.8. The van der Waals surface area contributed by atoms with Crippen LogP contribution in [-0.2, 0) is 16.6 Å². The largest absolute Gasteiger partial charge is 0.322 e. The Morgan fingerprint density at radius 3 is 2.43 bits per heavy atom. The molecule has 0 fully saturated rings. The van der Waals surface area contributed by atoms with Crippen LogP contribution < -0.4 is 14.5 Å².